The number of carbonyl (C=O) groups is 1. The van der Waals surface area contributed by atoms with Crippen LogP contribution in [0.25, 0.3) is 0 Å². The quantitative estimate of drug-likeness (QED) is 0.783. The highest BCUT2D eigenvalue weighted by atomic mass is 16.5. The van der Waals surface area contributed by atoms with E-state index in [0.717, 1.165) is 18.7 Å². The molecule has 0 aliphatic heterocycles. The summed E-state index contributed by atoms with van der Waals surface area (Å²) in [5.41, 5.74) is 6.68. The summed E-state index contributed by atoms with van der Waals surface area (Å²) in [5, 5.41) is 0. The van der Waals surface area contributed by atoms with Crippen LogP contribution in [0.5, 0.6) is 0 Å². The number of ether oxygens (including phenoxy) is 1. The number of carbonyl (C=O) groups excluding carboxylic acids is 1. The standard InChI is InChI=1S/C13H23N3O2/c1-5-6-16-9-15-8-11(16)10(13(2,3)14)7-12(17)18-4/h8-10H,5-7,14H2,1-4H3. The van der Waals surface area contributed by atoms with Crippen molar-refractivity contribution in [3.63, 3.8) is 0 Å². The van der Waals surface area contributed by atoms with E-state index in [0.29, 0.717) is 0 Å². The average molecular weight is 253 g/mol. The highest BCUT2D eigenvalue weighted by Crippen LogP contribution is 2.29. The largest absolute Gasteiger partial charge is 0.469 e. The Bertz CT molecular complexity index is 393. The molecule has 0 fully saturated rings. The molecule has 0 bridgehead atoms. The molecule has 1 unspecified atom stereocenters. The number of imidazole rings is 1. The topological polar surface area (TPSA) is 70.1 Å². The minimum absolute atomic E-state index is 0.0981. The van der Waals surface area contributed by atoms with Crippen molar-refractivity contribution in [1.29, 1.82) is 0 Å². The van der Waals surface area contributed by atoms with Gasteiger partial charge in [-0.25, -0.2) is 4.98 Å². The zero-order chi connectivity index (χ0) is 13.8. The molecule has 0 saturated heterocycles. The minimum atomic E-state index is -0.500. The highest BCUT2D eigenvalue weighted by Gasteiger charge is 2.31. The molecule has 0 saturated carbocycles. The number of rotatable bonds is 6. The zero-order valence-corrected chi connectivity index (χ0v) is 11.6. The molecule has 0 aliphatic carbocycles. The van der Waals surface area contributed by atoms with Crippen molar-refractivity contribution in [2.24, 2.45) is 5.73 Å². The SMILES string of the molecule is CCCn1cncc1C(CC(=O)OC)C(C)(C)N. The summed E-state index contributed by atoms with van der Waals surface area (Å²) in [6.07, 6.45) is 4.86. The molecule has 1 aromatic rings. The fourth-order valence-corrected chi connectivity index (χ4v) is 2.05. The third kappa shape index (κ3) is 3.57. The zero-order valence-electron chi connectivity index (χ0n) is 11.6. The van der Waals surface area contributed by atoms with Gasteiger partial charge in [-0.05, 0) is 20.3 Å². The van der Waals surface area contributed by atoms with Gasteiger partial charge in [-0.2, -0.15) is 0 Å². The Morgan fingerprint density at radius 3 is 2.78 bits per heavy atom. The van der Waals surface area contributed by atoms with Crippen LogP contribution in [0.2, 0.25) is 0 Å². The van der Waals surface area contributed by atoms with E-state index in [1.807, 2.05) is 13.8 Å². The van der Waals surface area contributed by atoms with E-state index < -0.39 is 5.54 Å². The first-order valence-electron chi connectivity index (χ1n) is 6.25. The van der Waals surface area contributed by atoms with Gasteiger partial charge in [-0.1, -0.05) is 6.92 Å². The highest BCUT2D eigenvalue weighted by molar-refractivity contribution is 5.70. The van der Waals surface area contributed by atoms with E-state index in [4.69, 9.17) is 10.5 Å². The predicted molar refractivity (Wildman–Crippen MR) is 70.2 cm³/mol. The number of aromatic nitrogens is 2. The molecule has 2 N–H and O–H groups in total. The van der Waals surface area contributed by atoms with Crippen LogP contribution >= 0.6 is 0 Å². The summed E-state index contributed by atoms with van der Waals surface area (Å²) < 4.78 is 6.81. The van der Waals surface area contributed by atoms with Crippen LogP contribution in [0.3, 0.4) is 0 Å². The lowest BCUT2D eigenvalue weighted by Gasteiger charge is -2.30. The number of esters is 1. The van der Waals surface area contributed by atoms with E-state index >= 15 is 0 Å². The first kappa shape index (κ1) is 14.7. The van der Waals surface area contributed by atoms with Crippen LogP contribution in [0.15, 0.2) is 12.5 Å². The summed E-state index contributed by atoms with van der Waals surface area (Å²) in [6.45, 7) is 6.82. The Labute approximate surface area is 108 Å². The Morgan fingerprint density at radius 1 is 1.61 bits per heavy atom. The molecule has 0 amide bonds. The van der Waals surface area contributed by atoms with Crippen LogP contribution in [0.1, 0.15) is 45.2 Å². The van der Waals surface area contributed by atoms with Crippen molar-refractivity contribution in [3.05, 3.63) is 18.2 Å². The van der Waals surface area contributed by atoms with Gasteiger partial charge in [-0.3, -0.25) is 4.79 Å². The van der Waals surface area contributed by atoms with Crippen molar-refractivity contribution >= 4 is 5.97 Å². The Morgan fingerprint density at radius 2 is 2.28 bits per heavy atom. The smallest absolute Gasteiger partial charge is 0.306 e. The van der Waals surface area contributed by atoms with E-state index in [2.05, 4.69) is 16.5 Å². The van der Waals surface area contributed by atoms with Gasteiger partial charge in [0.05, 0.1) is 19.9 Å². The van der Waals surface area contributed by atoms with Crippen molar-refractivity contribution in [2.75, 3.05) is 7.11 Å². The van der Waals surface area contributed by atoms with Gasteiger partial charge in [0.25, 0.3) is 0 Å². The summed E-state index contributed by atoms with van der Waals surface area (Å²) >= 11 is 0. The van der Waals surface area contributed by atoms with Crippen LogP contribution < -0.4 is 5.73 Å². The fourth-order valence-electron chi connectivity index (χ4n) is 2.05. The first-order chi connectivity index (χ1) is 8.40. The van der Waals surface area contributed by atoms with Gasteiger partial charge in [-0.15, -0.1) is 0 Å². The van der Waals surface area contributed by atoms with Crippen molar-refractivity contribution in [2.45, 2.75) is 51.6 Å². The molecule has 5 nitrogen and oxygen atoms in total. The van der Waals surface area contributed by atoms with Gasteiger partial charge in [0.1, 0.15) is 0 Å². The lowest BCUT2D eigenvalue weighted by Crippen LogP contribution is -2.41. The average Bonchev–Trinajstić information content (AvgIpc) is 2.72. The van der Waals surface area contributed by atoms with Crippen LogP contribution in [0.4, 0.5) is 0 Å². The minimum Gasteiger partial charge on any atom is -0.469 e. The molecule has 1 heterocycles. The monoisotopic (exact) mass is 253 g/mol. The Balaban J connectivity index is 3.02. The van der Waals surface area contributed by atoms with Gasteiger partial charge < -0.3 is 15.0 Å². The Kier molecular flexibility index (Phi) is 4.90. The lowest BCUT2D eigenvalue weighted by molar-refractivity contribution is -0.141. The normalized spacial score (nSPS) is 13.4. The lowest BCUT2D eigenvalue weighted by atomic mass is 9.83. The van der Waals surface area contributed by atoms with Crippen LogP contribution in [-0.4, -0.2) is 28.2 Å². The summed E-state index contributed by atoms with van der Waals surface area (Å²) in [5.74, 6) is -0.346. The first-order valence-corrected chi connectivity index (χ1v) is 6.25. The molecule has 0 aliphatic rings. The molecule has 0 radical (unpaired) electrons. The van der Waals surface area contributed by atoms with Gasteiger partial charge in [0.15, 0.2) is 0 Å². The maximum Gasteiger partial charge on any atom is 0.306 e. The number of methoxy groups -OCH3 is 1. The van der Waals surface area contributed by atoms with Crippen LogP contribution in [-0.2, 0) is 16.1 Å². The number of hydrogen-bond donors (Lipinski definition) is 1. The van der Waals surface area contributed by atoms with Crippen molar-refractivity contribution in [1.82, 2.24) is 9.55 Å². The number of hydrogen-bond acceptors (Lipinski definition) is 4. The molecule has 1 aromatic heterocycles. The van der Waals surface area contributed by atoms with E-state index in [-0.39, 0.29) is 18.3 Å². The predicted octanol–water partition coefficient (Wildman–Crippen LogP) is 1.68. The fraction of sp³-hybridized carbons (Fsp3) is 0.692. The maximum absolute atomic E-state index is 11.5. The second kappa shape index (κ2) is 6.00. The van der Waals surface area contributed by atoms with Crippen molar-refractivity contribution in [3.8, 4) is 0 Å². The molecule has 0 spiro atoms. The second-order valence-corrected chi connectivity index (χ2v) is 5.17. The number of aryl methyl sites for hydroxylation is 1. The summed E-state index contributed by atoms with van der Waals surface area (Å²) in [6, 6.07) is 0. The van der Waals surface area contributed by atoms with E-state index in [9.17, 15) is 4.79 Å². The van der Waals surface area contributed by atoms with E-state index in [1.54, 1.807) is 12.5 Å². The summed E-state index contributed by atoms with van der Waals surface area (Å²) in [7, 11) is 1.40. The third-order valence-corrected chi connectivity index (χ3v) is 3.06. The van der Waals surface area contributed by atoms with Crippen LogP contribution in [0, 0.1) is 0 Å². The molecule has 0 aromatic carbocycles. The number of nitrogens with zero attached hydrogens (tertiary/aromatic N) is 2. The van der Waals surface area contributed by atoms with Gasteiger partial charge in [0, 0.05) is 29.9 Å². The molecule has 1 rings (SSSR count). The number of nitrogens with two attached hydrogens (primary N) is 1. The van der Waals surface area contributed by atoms with Gasteiger partial charge in [0.2, 0.25) is 0 Å². The van der Waals surface area contributed by atoms with Gasteiger partial charge >= 0.3 is 5.97 Å². The third-order valence-electron chi connectivity index (χ3n) is 3.06. The second-order valence-electron chi connectivity index (χ2n) is 5.17. The van der Waals surface area contributed by atoms with E-state index in [1.165, 1.54) is 7.11 Å². The molecular formula is C13H23N3O2. The summed E-state index contributed by atoms with van der Waals surface area (Å²) in [4.78, 5) is 15.7. The Hall–Kier alpha value is -1.36. The molecular weight excluding hydrogens is 230 g/mol. The molecule has 1 atom stereocenters. The van der Waals surface area contributed by atoms with Crippen molar-refractivity contribution < 1.29 is 9.53 Å². The molecule has 102 valence electrons. The molecule has 5 heteroatoms. The maximum atomic E-state index is 11.5. The molecule has 18 heavy (non-hydrogen) atoms.